The lowest BCUT2D eigenvalue weighted by Crippen LogP contribution is -2.45. The maximum atomic E-state index is 11.2. The number of amides is 1. The van der Waals surface area contributed by atoms with Gasteiger partial charge in [0.05, 0.1) is 0 Å². The second-order valence-electron chi connectivity index (χ2n) is 6.46. The smallest absolute Gasteiger partial charge is 0.219 e. The average Bonchev–Trinajstić information content (AvgIpc) is 2.25. The molecule has 0 aromatic heterocycles. The van der Waals surface area contributed by atoms with Gasteiger partial charge in [-0.25, -0.2) is 0 Å². The van der Waals surface area contributed by atoms with Crippen LogP contribution < -0.4 is 5.32 Å². The molecule has 0 radical (unpaired) electrons. The first kappa shape index (κ1) is 14.5. The summed E-state index contributed by atoms with van der Waals surface area (Å²) in [5.74, 6) is 0.889. The van der Waals surface area contributed by atoms with E-state index in [0.29, 0.717) is 17.4 Å². The molecule has 0 aliphatic carbocycles. The molecule has 0 bridgehead atoms. The number of hydrogen-bond donors (Lipinski definition) is 1. The zero-order valence-corrected chi connectivity index (χ0v) is 12.0. The highest BCUT2D eigenvalue weighted by atomic mass is 16.2. The standard InChI is InChI=1S/C14H28N2O/c1-11(14(3,4)5)10-15-13-6-8-16(9-7-13)12(2)17/h11,13,15H,6-10H2,1-5H3. The third kappa shape index (κ3) is 4.66. The largest absolute Gasteiger partial charge is 0.343 e. The van der Waals surface area contributed by atoms with Crippen LogP contribution in [0.25, 0.3) is 0 Å². The van der Waals surface area contributed by atoms with Gasteiger partial charge in [0.25, 0.3) is 0 Å². The molecule has 1 aliphatic heterocycles. The van der Waals surface area contributed by atoms with E-state index in [2.05, 4.69) is 33.0 Å². The van der Waals surface area contributed by atoms with Crippen molar-refractivity contribution in [3.63, 3.8) is 0 Å². The van der Waals surface area contributed by atoms with Gasteiger partial charge in [0.1, 0.15) is 0 Å². The maximum Gasteiger partial charge on any atom is 0.219 e. The molecule has 1 rings (SSSR count). The van der Waals surface area contributed by atoms with Crippen LogP contribution in [-0.4, -0.2) is 36.5 Å². The van der Waals surface area contributed by atoms with E-state index in [-0.39, 0.29) is 5.91 Å². The molecule has 0 aromatic rings. The van der Waals surface area contributed by atoms with Crippen LogP contribution in [-0.2, 0) is 4.79 Å². The minimum atomic E-state index is 0.214. The Bertz CT molecular complexity index is 249. The third-order valence-electron chi connectivity index (χ3n) is 4.13. The Balaban J connectivity index is 2.25. The van der Waals surface area contributed by atoms with Gasteiger partial charge in [-0.15, -0.1) is 0 Å². The molecule has 1 amide bonds. The van der Waals surface area contributed by atoms with Crippen LogP contribution >= 0.6 is 0 Å². The molecular formula is C14H28N2O. The molecule has 1 unspecified atom stereocenters. The van der Waals surface area contributed by atoms with Gasteiger partial charge in [-0.1, -0.05) is 27.7 Å². The van der Waals surface area contributed by atoms with Gasteiger partial charge in [-0.3, -0.25) is 4.79 Å². The van der Waals surface area contributed by atoms with E-state index >= 15 is 0 Å². The molecule has 1 aliphatic rings. The number of rotatable bonds is 3. The summed E-state index contributed by atoms with van der Waals surface area (Å²) in [6.07, 6.45) is 2.19. The Morgan fingerprint density at radius 2 is 1.88 bits per heavy atom. The molecular weight excluding hydrogens is 212 g/mol. The van der Waals surface area contributed by atoms with E-state index in [9.17, 15) is 4.79 Å². The summed E-state index contributed by atoms with van der Waals surface area (Å²) in [5.41, 5.74) is 0.368. The van der Waals surface area contributed by atoms with E-state index in [1.54, 1.807) is 6.92 Å². The fourth-order valence-electron chi connectivity index (χ4n) is 2.05. The van der Waals surface area contributed by atoms with Crippen LogP contribution in [0.1, 0.15) is 47.5 Å². The fraction of sp³-hybridized carbons (Fsp3) is 0.929. The Morgan fingerprint density at radius 3 is 2.29 bits per heavy atom. The number of carbonyl (C=O) groups excluding carboxylic acids is 1. The molecule has 0 saturated carbocycles. The Hall–Kier alpha value is -0.570. The average molecular weight is 240 g/mol. The number of hydrogen-bond acceptors (Lipinski definition) is 2. The Labute approximate surface area is 106 Å². The monoisotopic (exact) mass is 240 g/mol. The van der Waals surface area contributed by atoms with Gasteiger partial charge in [0.2, 0.25) is 5.91 Å². The molecule has 0 aromatic carbocycles. The summed E-state index contributed by atoms with van der Waals surface area (Å²) >= 11 is 0. The number of nitrogens with zero attached hydrogens (tertiary/aromatic N) is 1. The van der Waals surface area contributed by atoms with Crippen LogP contribution in [0.15, 0.2) is 0 Å². The van der Waals surface area contributed by atoms with E-state index in [4.69, 9.17) is 0 Å². The highest BCUT2D eigenvalue weighted by molar-refractivity contribution is 5.73. The van der Waals surface area contributed by atoms with Crippen molar-refractivity contribution >= 4 is 5.91 Å². The second-order valence-corrected chi connectivity index (χ2v) is 6.46. The van der Waals surface area contributed by atoms with Gasteiger partial charge >= 0.3 is 0 Å². The topological polar surface area (TPSA) is 32.3 Å². The molecule has 1 heterocycles. The van der Waals surface area contributed by atoms with E-state index in [0.717, 1.165) is 32.5 Å². The highest BCUT2D eigenvalue weighted by Crippen LogP contribution is 2.24. The fourth-order valence-corrected chi connectivity index (χ4v) is 2.05. The van der Waals surface area contributed by atoms with Crippen LogP contribution in [0, 0.1) is 11.3 Å². The number of piperidine rings is 1. The van der Waals surface area contributed by atoms with Crippen molar-refractivity contribution in [1.29, 1.82) is 0 Å². The number of carbonyl (C=O) groups is 1. The van der Waals surface area contributed by atoms with Crippen LogP contribution in [0.2, 0.25) is 0 Å². The third-order valence-corrected chi connectivity index (χ3v) is 4.13. The number of nitrogens with one attached hydrogen (secondary N) is 1. The summed E-state index contributed by atoms with van der Waals surface area (Å²) in [7, 11) is 0. The zero-order chi connectivity index (χ0) is 13.1. The zero-order valence-electron chi connectivity index (χ0n) is 12.0. The first-order chi connectivity index (χ1) is 7.80. The summed E-state index contributed by atoms with van der Waals surface area (Å²) in [5, 5.41) is 3.65. The van der Waals surface area contributed by atoms with Gasteiger partial charge in [-0.05, 0) is 30.7 Å². The van der Waals surface area contributed by atoms with Gasteiger partial charge in [0.15, 0.2) is 0 Å². The summed E-state index contributed by atoms with van der Waals surface area (Å²) in [4.78, 5) is 13.2. The molecule has 1 fully saturated rings. The summed E-state index contributed by atoms with van der Waals surface area (Å²) < 4.78 is 0. The van der Waals surface area contributed by atoms with E-state index in [1.165, 1.54) is 0 Å². The summed E-state index contributed by atoms with van der Waals surface area (Å²) in [6.45, 7) is 13.7. The van der Waals surface area contributed by atoms with Crippen molar-refractivity contribution in [2.45, 2.75) is 53.5 Å². The van der Waals surface area contributed by atoms with Gasteiger partial charge in [0, 0.05) is 26.1 Å². The second kappa shape index (κ2) is 5.85. The van der Waals surface area contributed by atoms with Crippen molar-refractivity contribution < 1.29 is 4.79 Å². The van der Waals surface area contributed by atoms with Crippen molar-refractivity contribution in [2.75, 3.05) is 19.6 Å². The first-order valence-corrected chi connectivity index (χ1v) is 6.79. The van der Waals surface area contributed by atoms with Crippen LogP contribution in [0.5, 0.6) is 0 Å². The van der Waals surface area contributed by atoms with Crippen molar-refractivity contribution in [1.82, 2.24) is 10.2 Å². The minimum Gasteiger partial charge on any atom is -0.343 e. The van der Waals surface area contributed by atoms with Gasteiger partial charge in [-0.2, -0.15) is 0 Å². The molecule has 3 nitrogen and oxygen atoms in total. The van der Waals surface area contributed by atoms with Gasteiger partial charge < -0.3 is 10.2 Å². The van der Waals surface area contributed by atoms with Crippen molar-refractivity contribution in [3.8, 4) is 0 Å². The molecule has 1 atom stereocenters. The van der Waals surface area contributed by atoms with Crippen molar-refractivity contribution in [3.05, 3.63) is 0 Å². The van der Waals surface area contributed by atoms with Crippen LogP contribution in [0.4, 0.5) is 0 Å². The molecule has 0 spiro atoms. The first-order valence-electron chi connectivity index (χ1n) is 6.79. The van der Waals surface area contributed by atoms with Crippen LogP contribution in [0.3, 0.4) is 0 Å². The van der Waals surface area contributed by atoms with E-state index < -0.39 is 0 Å². The lowest BCUT2D eigenvalue weighted by atomic mass is 9.82. The van der Waals surface area contributed by atoms with E-state index in [1.807, 2.05) is 4.90 Å². The maximum absolute atomic E-state index is 11.2. The lowest BCUT2D eigenvalue weighted by molar-refractivity contribution is -0.129. The quantitative estimate of drug-likeness (QED) is 0.821. The molecule has 1 N–H and O–H groups in total. The SMILES string of the molecule is CC(=O)N1CCC(NCC(C)C(C)(C)C)CC1. The minimum absolute atomic E-state index is 0.214. The highest BCUT2D eigenvalue weighted by Gasteiger charge is 2.23. The Kier molecular flexibility index (Phi) is 4.99. The van der Waals surface area contributed by atoms with Crippen molar-refractivity contribution in [2.24, 2.45) is 11.3 Å². The lowest BCUT2D eigenvalue weighted by Gasteiger charge is -2.34. The molecule has 3 heteroatoms. The molecule has 100 valence electrons. The normalized spacial score (nSPS) is 20.4. The predicted molar refractivity (Wildman–Crippen MR) is 71.9 cm³/mol. The Morgan fingerprint density at radius 1 is 1.35 bits per heavy atom. The number of likely N-dealkylation sites (tertiary alicyclic amines) is 1. The molecule has 17 heavy (non-hydrogen) atoms. The summed E-state index contributed by atoms with van der Waals surface area (Å²) in [6, 6.07) is 0.593. The predicted octanol–water partition coefficient (Wildman–Crippen LogP) is 2.27. The molecule has 1 saturated heterocycles.